The molecular weight excluding hydrogens is 608 g/mol. The Balaban J connectivity index is 1.57. The summed E-state index contributed by atoms with van der Waals surface area (Å²) in [7, 11) is 0. The number of hydrogen-bond acceptors (Lipinski definition) is 2. The average molecular weight is 629 g/mol. The van der Waals surface area contributed by atoms with Crippen LogP contribution in [-0.4, -0.2) is 16.6 Å². The lowest BCUT2D eigenvalue weighted by Crippen LogP contribution is -2.31. The Hall–Kier alpha value is -2.02. The number of carbonyl (C=O) groups excluding carboxylic acids is 1. The molecule has 33 heavy (non-hydrogen) atoms. The molecule has 2 atom stereocenters. The Kier molecular flexibility index (Phi) is 6.68. The standard InChI is InChI=1S/C27H21Br3N2O/c28-21-10-4-17(5-11-21)16-20-2-1-3-24-25(20)31-32(26(24)18-6-12-22(29)13-7-18)27(33)19-8-14-23(30)15-9-19/h4-16,24,26H,1-3H2/b20-16+/t24-,26+/m1/s1. The number of nitrogens with zero attached hydrogens (tertiary/aromatic N) is 2. The van der Waals surface area contributed by atoms with Crippen LogP contribution in [-0.2, 0) is 0 Å². The van der Waals surface area contributed by atoms with Gasteiger partial charge in [-0.25, -0.2) is 5.01 Å². The number of carbonyl (C=O) groups is 1. The molecule has 1 saturated carbocycles. The fourth-order valence-electron chi connectivity index (χ4n) is 4.65. The van der Waals surface area contributed by atoms with Gasteiger partial charge in [0.1, 0.15) is 0 Å². The van der Waals surface area contributed by atoms with Crippen molar-refractivity contribution in [3.8, 4) is 0 Å². The topological polar surface area (TPSA) is 32.7 Å². The minimum absolute atomic E-state index is 0.0692. The highest BCUT2D eigenvalue weighted by Gasteiger charge is 2.43. The van der Waals surface area contributed by atoms with Crippen LogP contribution in [0.4, 0.5) is 0 Å². The van der Waals surface area contributed by atoms with E-state index in [2.05, 4.69) is 90.3 Å². The van der Waals surface area contributed by atoms with E-state index in [1.807, 2.05) is 36.4 Å². The Morgan fingerprint density at radius 3 is 2.06 bits per heavy atom. The summed E-state index contributed by atoms with van der Waals surface area (Å²) in [6.07, 6.45) is 5.29. The van der Waals surface area contributed by atoms with Gasteiger partial charge in [-0.1, -0.05) is 72.1 Å². The molecule has 1 amide bonds. The van der Waals surface area contributed by atoms with E-state index in [0.717, 1.165) is 49.5 Å². The molecule has 1 fully saturated rings. The molecule has 0 saturated heterocycles. The number of benzene rings is 3. The van der Waals surface area contributed by atoms with Crippen LogP contribution in [0.1, 0.15) is 46.8 Å². The van der Waals surface area contributed by atoms with Crippen molar-refractivity contribution in [2.24, 2.45) is 11.0 Å². The van der Waals surface area contributed by atoms with Crippen molar-refractivity contribution in [2.45, 2.75) is 25.3 Å². The van der Waals surface area contributed by atoms with E-state index in [4.69, 9.17) is 5.10 Å². The van der Waals surface area contributed by atoms with Gasteiger partial charge in [-0.2, -0.15) is 5.10 Å². The molecule has 0 unspecified atom stereocenters. The largest absolute Gasteiger partial charge is 0.274 e. The molecule has 0 aromatic heterocycles. The van der Waals surface area contributed by atoms with Crippen molar-refractivity contribution >= 4 is 65.5 Å². The van der Waals surface area contributed by atoms with Gasteiger partial charge < -0.3 is 0 Å². The molecule has 0 N–H and O–H groups in total. The number of allylic oxidation sites excluding steroid dienone is 1. The third kappa shape index (κ3) is 4.79. The molecule has 0 bridgehead atoms. The zero-order valence-electron chi connectivity index (χ0n) is 17.7. The molecule has 1 aliphatic carbocycles. The zero-order valence-corrected chi connectivity index (χ0v) is 22.5. The Labute approximate surface area is 219 Å². The maximum atomic E-state index is 13.6. The molecule has 2 aliphatic rings. The maximum absolute atomic E-state index is 13.6. The van der Waals surface area contributed by atoms with Gasteiger partial charge in [0.05, 0.1) is 11.8 Å². The summed E-state index contributed by atoms with van der Waals surface area (Å²) >= 11 is 10.5. The van der Waals surface area contributed by atoms with Crippen LogP contribution in [0.15, 0.2) is 96.9 Å². The minimum Gasteiger partial charge on any atom is -0.267 e. The van der Waals surface area contributed by atoms with Crippen LogP contribution in [0.2, 0.25) is 0 Å². The second kappa shape index (κ2) is 9.69. The van der Waals surface area contributed by atoms with E-state index >= 15 is 0 Å². The van der Waals surface area contributed by atoms with Gasteiger partial charge in [-0.3, -0.25) is 4.79 Å². The minimum atomic E-state index is -0.113. The van der Waals surface area contributed by atoms with Gasteiger partial charge in [-0.05, 0) is 90.6 Å². The van der Waals surface area contributed by atoms with Gasteiger partial charge in [0.2, 0.25) is 0 Å². The first-order valence-corrected chi connectivity index (χ1v) is 13.3. The lowest BCUT2D eigenvalue weighted by molar-refractivity contribution is 0.0681. The lowest BCUT2D eigenvalue weighted by Gasteiger charge is -2.29. The first-order chi connectivity index (χ1) is 16.0. The number of hydrazone groups is 1. The molecule has 1 heterocycles. The average Bonchev–Trinajstić information content (AvgIpc) is 3.22. The zero-order chi connectivity index (χ0) is 22.9. The monoisotopic (exact) mass is 626 g/mol. The quantitative estimate of drug-likeness (QED) is 0.287. The van der Waals surface area contributed by atoms with Gasteiger partial charge in [0, 0.05) is 24.9 Å². The van der Waals surface area contributed by atoms with Crippen molar-refractivity contribution in [2.75, 3.05) is 0 Å². The highest BCUT2D eigenvalue weighted by atomic mass is 79.9. The van der Waals surface area contributed by atoms with Crippen LogP contribution in [0.5, 0.6) is 0 Å². The summed E-state index contributed by atoms with van der Waals surface area (Å²) < 4.78 is 3.03. The highest BCUT2D eigenvalue weighted by molar-refractivity contribution is 9.11. The summed E-state index contributed by atoms with van der Waals surface area (Å²) in [6.45, 7) is 0. The molecule has 3 aromatic rings. The summed E-state index contributed by atoms with van der Waals surface area (Å²) in [4.78, 5) is 13.6. The van der Waals surface area contributed by atoms with E-state index in [1.165, 1.54) is 5.57 Å². The second-order valence-corrected chi connectivity index (χ2v) is 11.1. The molecule has 1 aliphatic heterocycles. The maximum Gasteiger partial charge on any atom is 0.274 e. The number of rotatable bonds is 3. The number of halogens is 3. The van der Waals surface area contributed by atoms with E-state index in [0.29, 0.717) is 5.56 Å². The predicted molar refractivity (Wildman–Crippen MR) is 144 cm³/mol. The first-order valence-electron chi connectivity index (χ1n) is 10.9. The first kappa shape index (κ1) is 22.8. The predicted octanol–water partition coefficient (Wildman–Crippen LogP) is 8.41. The van der Waals surface area contributed by atoms with E-state index < -0.39 is 0 Å². The summed E-state index contributed by atoms with van der Waals surface area (Å²) in [6, 6.07) is 24.0. The van der Waals surface area contributed by atoms with Crippen molar-refractivity contribution in [1.29, 1.82) is 0 Å². The number of fused-ring (bicyclic) bond motifs is 1. The SMILES string of the molecule is O=C(c1ccc(Br)cc1)N1N=C2/C(=C/c3ccc(Br)cc3)CCC[C@H]2[C@@H]1c1ccc(Br)cc1. The fourth-order valence-corrected chi connectivity index (χ4v) is 5.44. The summed E-state index contributed by atoms with van der Waals surface area (Å²) in [5, 5.41) is 6.70. The summed E-state index contributed by atoms with van der Waals surface area (Å²) in [5.74, 6) is 0.112. The van der Waals surface area contributed by atoms with Crippen LogP contribution in [0.25, 0.3) is 6.08 Å². The van der Waals surface area contributed by atoms with Crippen molar-refractivity contribution < 1.29 is 4.79 Å². The van der Waals surface area contributed by atoms with Crippen molar-refractivity contribution in [1.82, 2.24) is 5.01 Å². The Morgan fingerprint density at radius 1 is 0.848 bits per heavy atom. The smallest absolute Gasteiger partial charge is 0.267 e. The van der Waals surface area contributed by atoms with E-state index in [-0.39, 0.29) is 17.9 Å². The van der Waals surface area contributed by atoms with E-state index in [1.54, 1.807) is 5.01 Å². The van der Waals surface area contributed by atoms with E-state index in [9.17, 15) is 4.79 Å². The highest BCUT2D eigenvalue weighted by Crippen LogP contribution is 2.45. The number of amides is 1. The number of hydrogen-bond donors (Lipinski definition) is 0. The van der Waals surface area contributed by atoms with Gasteiger partial charge in [0.25, 0.3) is 5.91 Å². The molecule has 0 radical (unpaired) electrons. The molecule has 5 rings (SSSR count). The second-order valence-electron chi connectivity index (χ2n) is 8.36. The summed E-state index contributed by atoms with van der Waals surface area (Å²) in [5.41, 5.74) is 5.16. The molecule has 166 valence electrons. The van der Waals surface area contributed by atoms with Crippen LogP contribution < -0.4 is 0 Å². The fraction of sp³-hybridized carbons (Fsp3) is 0.185. The Bertz CT molecular complexity index is 1230. The van der Waals surface area contributed by atoms with Crippen LogP contribution in [0, 0.1) is 5.92 Å². The van der Waals surface area contributed by atoms with Crippen molar-refractivity contribution in [3.05, 3.63) is 108 Å². The molecule has 0 spiro atoms. The normalized spacial score (nSPS) is 21.1. The van der Waals surface area contributed by atoms with Crippen molar-refractivity contribution in [3.63, 3.8) is 0 Å². The third-order valence-electron chi connectivity index (χ3n) is 6.22. The molecular formula is C27H21Br3N2O. The van der Waals surface area contributed by atoms with Crippen LogP contribution in [0.3, 0.4) is 0 Å². The molecule has 6 heteroatoms. The van der Waals surface area contributed by atoms with Gasteiger partial charge >= 0.3 is 0 Å². The molecule has 3 nitrogen and oxygen atoms in total. The van der Waals surface area contributed by atoms with Gasteiger partial charge in [-0.15, -0.1) is 0 Å². The third-order valence-corrected chi connectivity index (χ3v) is 7.81. The van der Waals surface area contributed by atoms with Crippen LogP contribution >= 0.6 is 47.8 Å². The Morgan fingerprint density at radius 2 is 1.42 bits per heavy atom. The molecule has 3 aromatic carbocycles. The van der Waals surface area contributed by atoms with Gasteiger partial charge in [0.15, 0.2) is 0 Å². The lowest BCUT2D eigenvalue weighted by atomic mass is 9.77.